The van der Waals surface area contributed by atoms with E-state index in [1.807, 2.05) is 31.2 Å². The molecule has 1 aromatic heterocycles. The zero-order valence-electron chi connectivity index (χ0n) is 20.2. The fraction of sp³-hybridized carbons (Fsp3) is 0.357. The molecule has 1 saturated heterocycles. The molecule has 0 unspecified atom stereocenters. The van der Waals surface area contributed by atoms with Gasteiger partial charge in [-0.3, -0.25) is 19.5 Å². The summed E-state index contributed by atoms with van der Waals surface area (Å²) in [5.74, 6) is -0.0517. The summed E-state index contributed by atoms with van der Waals surface area (Å²) in [6.45, 7) is 5.01. The summed E-state index contributed by atoms with van der Waals surface area (Å²) in [6.07, 6.45) is 6.53. The Labute approximate surface area is 214 Å². The van der Waals surface area contributed by atoms with Gasteiger partial charge in [0.15, 0.2) is 0 Å². The number of nitrogens with zero attached hydrogens (tertiary/aromatic N) is 3. The highest BCUT2D eigenvalue weighted by atomic mass is 35.5. The van der Waals surface area contributed by atoms with E-state index in [1.165, 1.54) is 4.90 Å². The SMILES string of the molecule is C[C@@]12Cc3c([nH]c4ccc(Cl)cc34)[C@@H](c3cccc(O)c3)N1C(=O)N(CCCN1CC=CCC1)C2=O. The van der Waals surface area contributed by atoms with Crippen LogP contribution in [0, 0.1) is 0 Å². The number of carbonyl (C=O) groups excluding carboxylic acids is 2. The third kappa shape index (κ3) is 3.61. The Morgan fingerprint density at radius 3 is 2.78 bits per heavy atom. The highest BCUT2D eigenvalue weighted by molar-refractivity contribution is 6.31. The van der Waals surface area contributed by atoms with Gasteiger partial charge in [0.1, 0.15) is 17.3 Å². The molecular formula is C28H29ClN4O3. The minimum atomic E-state index is -1.04. The number of H-pyrrole nitrogens is 1. The van der Waals surface area contributed by atoms with Crippen LogP contribution in [0.5, 0.6) is 5.75 Å². The molecule has 3 aromatic rings. The molecule has 0 saturated carbocycles. The maximum atomic E-state index is 13.9. The number of aromatic amines is 1. The summed E-state index contributed by atoms with van der Waals surface area (Å²) in [6, 6.07) is 11.8. The maximum Gasteiger partial charge on any atom is 0.328 e. The summed E-state index contributed by atoms with van der Waals surface area (Å²) in [4.78, 5) is 36.8. The van der Waals surface area contributed by atoms with Crippen molar-refractivity contribution in [2.24, 2.45) is 0 Å². The Morgan fingerprint density at radius 2 is 2.00 bits per heavy atom. The van der Waals surface area contributed by atoms with Crippen molar-refractivity contribution in [3.63, 3.8) is 0 Å². The summed E-state index contributed by atoms with van der Waals surface area (Å²) in [7, 11) is 0. The number of hydrogen-bond donors (Lipinski definition) is 2. The number of nitrogens with one attached hydrogen (secondary N) is 1. The van der Waals surface area contributed by atoms with Crippen LogP contribution in [0.15, 0.2) is 54.6 Å². The van der Waals surface area contributed by atoms with E-state index in [0.717, 1.165) is 60.2 Å². The first kappa shape index (κ1) is 23.1. The number of halogens is 1. The average Bonchev–Trinajstić information content (AvgIpc) is 3.30. The fourth-order valence-electron chi connectivity index (χ4n) is 6.07. The predicted octanol–water partition coefficient (Wildman–Crippen LogP) is 4.85. The lowest BCUT2D eigenvalue weighted by Crippen LogP contribution is -2.53. The quantitative estimate of drug-likeness (QED) is 0.384. The van der Waals surface area contributed by atoms with Gasteiger partial charge >= 0.3 is 6.03 Å². The smallest absolute Gasteiger partial charge is 0.328 e. The van der Waals surface area contributed by atoms with Crippen molar-refractivity contribution in [2.75, 3.05) is 26.2 Å². The number of benzene rings is 2. The van der Waals surface area contributed by atoms with Crippen LogP contribution in [0.4, 0.5) is 4.79 Å². The zero-order chi connectivity index (χ0) is 25.0. The van der Waals surface area contributed by atoms with Crippen LogP contribution in [0.1, 0.15) is 42.6 Å². The molecule has 0 bridgehead atoms. The van der Waals surface area contributed by atoms with E-state index in [0.29, 0.717) is 18.0 Å². The summed E-state index contributed by atoms with van der Waals surface area (Å²) in [5.41, 5.74) is 2.47. The zero-order valence-corrected chi connectivity index (χ0v) is 21.0. The van der Waals surface area contributed by atoms with Gasteiger partial charge in [0.05, 0.1) is 0 Å². The van der Waals surface area contributed by atoms with Gasteiger partial charge in [-0.25, -0.2) is 4.79 Å². The Kier molecular flexibility index (Phi) is 5.57. The van der Waals surface area contributed by atoms with Crippen molar-refractivity contribution >= 4 is 34.4 Å². The number of aromatic nitrogens is 1. The molecule has 6 rings (SSSR count). The molecule has 8 heteroatoms. The minimum Gasteiger partial charge on any atom is -0.508 e. The van der Waals surface area contributed by atoms with Crippen molar-refractivity contribution in [1.29, 1.82) is 0 Å². The average molecular weight is 505 g/mol. The number of amides is 3. The fourth-order valence-corrected chi connectivity index (χ4v) is 6.24. The topological polar surface area (TPSA) is 79.9 Å². The second-order valence-corrected chi connectivity index (χ2v) is 10.6. The number of aromatic hydroxyl groups is 1. The molecule has 36 heavy (non-hydrogen) atoms. The van der Waals surface area contributed by atoms with E-state index in [4.69, 9.17) is 11.6 Å². The van der Waals surface area contributed by atoms with Gasteiger partial charge < -0.3 is 10.1 Å². The van der Waals surface area contributed by atoms with Gasteiger partial charge in [-0.05, 0) is 61.2 Å². The van der Waals surface area contributed by atoms with Gasteiger partial charge in [-0.15, -0.1) is 0 Å². The third-order valence-corrected chi connectivity index (χ3v) is 8.05. The first-order valence-corrected chi connectivity index (χ1v) is 12.9. The molecule has 2 N–H and O–H groups in total. The first-order valence-electron chi connectivity index (χ1n) is 12.5. The van der Waals surface area contributed by atoms with Gasteiger partial charge in [0.25, 0.3) is 5.91 Å². The van der Waals surface area contributed by atoms with E-state index in [-0.39, 0.29) is 17.7 Å². The van der Waals surface area contributed by atoms with Crippen LogP contribution in [-0.4, -0.2) is 68.4 Å². The Bertz CT molecular complexity index is 1400. The Morgan fingerprint density at radius 1 is 1.14 bits per heavy atom. The van der Waals surface area contributed by atoms with Gasteiger partial charge in [0.2, 0.25) is 0 Å². The number of hydrogen-bond acceptors (Lipinski definition) is 4. The molecule has 3 aliphatic rings. The molecule has 0 radical (unpaired) electrons. The number of phenolic OH excluding ortho intramolecular Hbond substituents is 1. The van der Waals surface area contributed by atoms with Crippen molar-refractivity contribution in [2.45, 2.75) is 37.8 Å². The molecular weight excluding hydrogens is 476 g/mol. The van der Waals surface area contributed by atoms with Crippen LogP contribution in [0.3, 0.4) is 0 Å². The normalized spacial score (nSPS) is 24.0. The highest BCUT2D eigenvalue weighted by Crippen LogP contribution is 2.49. The number of rotatable bonds is 5. The van der Waals surface area contributed by atoms with Gasteiger partial charge in [-0.2, -0.15) is 0 Å². The maximum absolute atomic E-state index is 13.9. The largest absolute Gasteiger partial charge is 0.508 e. The van der Waals surface area contributed by atoms with Crippen LogP contribution in [0.25, 0.3) is 10.9 Å². The number of urea groups is 1. The Hall–Kier alpha value is -3.29. The number of fused-ring (bicyclic) bond motifs is 4. The highest BCUT2D eigenvalue weighted by Gasteiger charge is 2.60. The summed E-state index contributed by atoms with van der Waals surface area (Å²) < 4.78 is 0. The van der Waals surface area contributed by atoms with Crippen LogP contribution >= 0.6 is 11.6 Å². The van der Waals surface area contributed by atoms with E-state index >= 15 is 0 Å². The molecule has 3 aliphatic heterocycles. The standard InChI is InChI=1S/C28H29ClN4O3/c1-28-17-22-21-16-19(29)9-10-23(21)30-24(22)25(18-7-5-8-20(34)15-18)33(28)27(36)32(26(28)35)14-6-13-31-11-3-2-4-12-31/h2-3,5,7-10,15-16,25,30,34H,4,6,11-14,17H2,1H3/t25-,28+/m1/s1. The van der Waals surface area contributed by atoms with Crippen LogP contribution in [0.2, 0.25) is 5.02 Å². The van der Waals surface area contributed by atoms with Crippen LogP contribution < -0.4 is 0 Å². The number of phenols is 1. The predicted molar refractivity (Wildman–Crippen MR) is 139 cm³/mol. The molecule has 4 heterocycles. The van der Waals surface area contributed by atoms with Gasteiger partial charge in [-0.1, -0.05) is 35.9 Å². The second kappa shape index (κ2) is 8.68. The minimum absolute atomic E-state index is 0.117. The van der Waals surface area contributed by atoms with Crippen molar-refractivity contribution in [3.05, 3.63) is 76.5 Å². The molecule has 2 aromatic carbocycles. The van der Waals surface area contributed by atoms with E-state index in [1.54, 1.807) is 23.1 Å². The molecule has 1 fully saturated rings. The van der Waals surface area contributed by atoms with Crippen molar-refractivity contribution in [1.82, 2.24) is 19.7 Å². The van der Waals surface area contributed by atoms with E-state index in [9.17, 15) is 14.7 Å². The lowest BCUT2D eigenvalue weighted by molar-refractivity contribution is -0.133. The molecule has 0 spiro atoms. The summed E-state index contributed by atoms with van der Waals surface area (Å²) >= 11 is 6.34. The molecule has 7 nitrogen and oxygen atoms in total. The number of carbonyl (C=O) groups is 2. The lowest BCUT2D eigenvalue weighted by Gasteiger charge is -2.42. The molecule has 2 atom stereocenters. The van der Waals surface area contributed by atoms with Crippen molar-refractivity contribution in [3.8, 4) is 5.75 Å². The first-order chi connectivity index (χ1) is 17.4. The van der Waals surface area contributed by atoms with Crippen molar-refractivity contribution < 1.29 is 14.7 Å². The van der Waals surface area contributed by atoms with Crippen LogP contribution in [-0.2, 0) is 11.2 Å². The lowest BCUT2D eigenvalue weighted by atomic mass is 9.81. The Balaban J connectivity index is 1.39. The third-order valence-electron chi connectivity index (χ3n) is 7.81. The number of imide groups is 1. The summed E-state index contributed by atoms with van der Waals surface area (Å²) in [5, 5.41) is 11.8. The van der Waals surface area contributed by atoms with E-state index < -0.39 is 11.6 Å². The van der Waals surface area contributed by atoms with Gasteiger partial charge in [0, 0.05) is 54.2 Å². The second-order valence-electron chi connectivity index (χ2n) is 10.2. The molecule has 3 amide bonds. The monoisotopic (exact) mass is 504 g/mol. The molecule has 186 valence electrons. The molecule has 0 aliphatic carbocycles. The van der Waals surface area contributed by atoms with E-state index in [2.05, 4.69) is 22.0 Å².